The number of hydrogen-bond donors (Lipinski definition) is 2. The van der Waals surface area contributed by atoms with Crippen LogP contribution in [0.2, 0.25) is 0 Å². The summed E-state index contributed by atoms with van der Waals surface area (Å²) in [6.45, 7) is 4.57. The predicted molar refractivity (Wildman–Crippen MR) is 46.0 cm³/mol. The summed E-state index contributed by atoms with van der Waals surface area (Å²) in [7, 11) is 0. The molecule has 0 atom stereocenters. The molecule has 4 N–H and O–H groups in total. The largest absolute Gasteiger partial charge is 0.452 e. The molecule has 0 unspecified atom stereocenters. The second kappa shape index (κ2) is 3.33. The van der Waals surface area contributed by atoms with Crippen LogP contribution >= 0.6 is 0 Å². The lowest BCUT2D eigenvalue weighted by Gasteiger charge is -2.22. The minimum absolute atomic E-state index is 0.349. The molecule has 0 radical (unpaired) electrons. The summed E-state index contributed by atoms with van der Waals surface area (Å²) in [4.78, 5) is 0. The zero-order chi connectivity index (χ0) is 9.19. The SMILES string of the molecule is CCC1(C)OC(CN)=C(CN)O1. The van der Waals surface area contributed by atoms with E-state index in [0.29, 0.717) is 24.6 Å². The molecule has 1 aliphatic rings. The Morgan fingerprint density at radius 1 is 1.17 bits per heavy atom. The third kappa shape index (κ3) is 1.54. The summed E-state index contributed by atoms with van der Waals surface area (Å²) in [5.74, 6) is 0.812. The number of nitrogens with two attached hydrogens (primary N) is 2. The summed E-state index contributed by atoms with van der Waals surface area (Å²) >= 11 is 0. The Kier molecular flexibility index (Phi) is 2.59. The number of rotatable bonds is 3. The third-order valence-corrected chi connectivity index (χ3v) is 2.00. The van der Waals surface area contributed by atoms with Crippen molar-refractivity contribution in [3.05, 3.63) is 11.5 Å². The van der Waals surface area contributed by atoms with Gasteiger partial charge in [-0.3, -0.25) is 0 Å². The van der Waals surface area contributed by atoms with E-state index in [1.54, 1.807) is 0 Å². The van der Waals surface area contributed by atoms with Crippen molar-refractivity contribution in [2.45, 2.75) is 26.1 Å². The van der Waals surface area contributed by atoms with Gasteiger partial charge < -0.3 is 20.9 Å². The van der Waals surface area contributed by atoms with Crippen molar-refractivity contribution < 1.29 is 9.47 Å². The molecular weight excluding hydrogens is 156 g/mol. The highest BCUT2D eigenvalue weighted by Crippen LogP contribution is 2.31. The Morgan fingerprint density at radius 2 is 1.58 bits per heavy atom. The van der Waals surface area contributed by atoms with E-state index < -0.39 is 5.79 Å². The van der Waals surface area contributed by atoms with Gasteiger partial charge in [-0.15, -0.1) is 0 Å². The molecule has 0 bridgehead atoms. The van der Waals surface area contributed by atoms with E-state index >= 15 is 0 Å². The Labute approximate surface area is 72.5 Å². The van der Waals surface area contributed by atoms with Crippen LogP contribution in [0.15, 0.2) is 11.5 Å². The zero-order valence-electron chi connectivity index (χ0n) is 7.59. The molecule has 12 heavy (non-hydrogen) atoms. The van der Waals surface area contributed by atoms with Gasteiger partial charge in [0, 0.05) is 13.3 Å². The molecule has 0 aromatic carbocycles. The molecule has 0 aromatic heterocycles. The first-order chi connectivity index (χ1) is 5.65. The fraction of sp³-hybridized carbons (Fsp3) is 0.750. The van der Waals surface area contributed by atoms with Crippen LogP contribution in [0, 0.1) is 0 Å². The van der Waals surface area contributed by atoms with E-state index in [1.165, 1.54) is 0 Å². The molecular formula is C8H16N2O2. The van der Waals surface area contributed by atoms with Gasteiger partial charge in [-0.05, 0) is 0 Å². The van der Waals surface area contributed by atoms with E-state index in [0.717, 1.165) is 6.42 Å². The first kappa shape index (κ1) is 9.35. The minimum atomic E-state index is -0.552. The zero-order valence-corrected chi connectivity index (χ0v) is 7.59. The lowest BCUT2D eigenvalue weighted by atomic mass is 10.2. The first-order valence-electron chi connectivity index (χ1n) is 4.15. The molecule has 0 amide bonds. The van der Waals surface area contributed by atoms with Crippen LogP contribution < -0.4 is 11.5 Å². The standard InChI is InChI=1S/C8H16N2O2/c1-3-8(2)11-6(4-9)7(5-10)12-8/h3-5,9-10H2,1-2H3. The van der Waals surface area contributed by atoms with Crippen molar-refractivity contribution in [2.75, 3.05) is 13.1 Å². The highest BCUT2D eigenvalue weighted by Gasteiger charge is 2.35. The van der Waals surface area contributed by atoms with Crippen molar-refractivity contribution in [1.82, 2.24) is 0 Å². The highest BCUT2D eigenvalue weighted by atomic mass is 16.7. The number of hydrogen-bond acceptors (Lipinski definition) is 4. The van der Waals surface area contributed by atoms with Gasteiger partial charge in [0.25, 0.3) is 0 Å². The Morgan fingerprint density at radius 3 is 1.83 bits per heavy atom. The van der Waals surface area contributed by atoms with E-state index in [9.17, 15) is 0 Å². The topological polar surface area (TPSA) is 70.5 Å². The second-order valence-corrected chi connectivity index (χ2v) is 2.95. The van der Waals surface area contributed by atoms with Crippen molar-refractivity contribution in [1.29, 1.82) is 0 Å². The van der Waals surface area contributed by atoms with Gasteiger partial charge in [0.2, 0.25) is 5.79 Å². The molecule has 0 aromatic rings. The molecule has 4 heteroatoms. The normalized spacial score (nSPS) is 20.7. The van der Waals surface area contributed by atoms with E-state index in [4.69, 9.17) is 20.9 Å². The van der Waals surface area contributed by atoms with Gasteiger partial charge in [0.15, 0.2) is 11.5 Å². The lowest BCUT2D eigenvalue weighted by molar-refractivity contribution is -0.140. The van der Waals surface area contributed by atoms with Crippen LogP contribution in [-0.4, -0.2) is 18.9 Å². The van der Waals surface area contributed by atoms with Gasteiger partial charge >= 0.3 is 0 Å². The summed E-state index contributed by atoms with van der Waals surface area (Å²) in [5.41, 5.74) is 10.9. The Hall–Kier alpha value is -0.740. The molecule has 0 saturated heterocycles. The van der Waals surface area contributed by atoms with E-state index in [-0.39, 0.29) is 0 Å². The number of ether oxygens (including phenoxy) is 2. The fourth-order valence-electron chi connectivity index (χ4n) is 1.11. The average Bonchev–Trinajstić information content (AvgIpc) is 2.43. The molecule has 1 aliphatic heterocycles. The fourth-order valence-corrected chi connectivity index (χ4v) is 1.11. The molecule has 0 saturated carbocycles. The first-order valence-corrected chi connectivity index (χ1v) is 4.15. The molecule has 70 valence electrons. The average molecular weight is 172 g/mol. The van der Waals surface area contributed by atoms with Gasteiger partial charge in [0.1, 0.15) is 0 Å². The van der Waals surface area contributed by atoms with Crippen LogP contribution in [0.4, 0.5) is 0 Å². The van der Waals surface area contributed by atoms with Crippen molar-refractivity contribution >= 4 is 0 Å². The molecule has 4 nitrogen and oxygen atoms in total. The Bertz CT molecular complexity index is 185. The smallest absolute Gasteiger partial charge is 0.247 e. The summed E-state index contributed by atoms with van der Waals surface area (Å²) in [5, 5.41) is 0. The molecule has 0 spiro atoms. The van der Waals surface area contributed by atoms with Gasteiger partial charge in [-0.25, -0.2) is 0 Å². The lowest BCUT2D eigenvalue weighted by Crippen LogP contribution is -2.26. The highest BCUT2D eigenvalue weighted by molar-refractivity contribution is 5.10. The van der Waals surface area contributed by atoms with Crippen molar-refractivity contribution in [2.24, 2.45) is 11.5 Å². The molecule has 0 fully saturated rings. The van der Waals surface area contributed by atoms with Crippen LogP contribution in [0.3, 0.4) is 0 Å². The summed E-state index contributed by atoms with van der Waals surface area (Å²) < 4.78 is 11.0. The third-order valence-electron chi connectivity index (χ3n) is 2.00. The van der Waals surface area contributed by atoms with Crippen LogP contribution in [0.5, 0.6) is 0 Å². The van der Waals surface area contributed by atoms with Crippen molar-refractivity contribution in [3.8, 4) is 0 Å². The maximum atomic E-state index is 5.50. The molecule has 1 heterocycles. The van der Waals surface area contributed by atoms with Gasteiger partial charge in [0.05, 0.1) is 13.1 Å². The van der Waals surface area contributed by atoms with Gasteiger partial charge in [-0.2, -0.15) is 0 Å². The summed E-state index contributed by atoms with van der Waals surface area (Å²) in [6, 6.07) is 0. The summed E-state index contributed by atoms with van der Waals surface area (Å²) in [6.07, 6.45) is 0.778. The van der Waals surface area contributed by atoms with Crippen LogP contribution in [-0.2, 0) is 9.47 Å². The minimum Gasteiger partial charge on any atom is -0.452 e. The quantitative estimate of drug-likeness (QED) is 0.642. The molecule has 1 rings (SSSR count). The van der Waals surface area contributed by atoms with Crippen molar-refractivity contribution in [3.63, 3.8) is 0 Å². The van der Waals surface area contributed by atoms with E-state index in [2.05, 4.69) is 0 Å². The van der Waals surface area contributed by atoms with E-state index in [1.807, 2.05) is 13.8 Å². The van der Waals surface area contributed by atoms with Crippen LogP contribution in [0.25, 0.3) is 0 Å². The second-order valence-electron chi connectivity index (χ2n) is 2.95. The predicted octanol–water partition coefficient (Wildman–Crippen LogP) is 0.288. The van der Waals surface area contributed by atoms with Gasteiger partial charge in [-0.1, -0.05) is 6.92 Å². The molecule has 0 aliphatic carbocycles. The Balaban J connectivity index is 2.71. The maximum absolute atomic E-state index is 5.50. The van der Waals surface area contributed by atoms with Crippen LogP contribution in [0.1, 0.15) is 20.3 Å². The maximum Gasteiger partial charge on any atom is 0.247 e. The monoisotopic (exact) mass is 172 g/mol.